The Bertz CT molecular complexity index is 748. The summed E-state index contributed by atoms with van der Waals surface area (Å²) in [6.45, 7) is 0.782. The Morgan fingerprint density at radius 1 is 1.12 bits per heavy atom. The molecule has 4 N–H and O–H groups in total. The first-order chi connectivity index (χ1) is 12.6. The van der Waals surface area contributed by atoms with E-state index in [1.54, 1.807) is 32.4 Å². The summed E-state index contributed by atoms with van der Waals surface area (Å²) in [5.41, 5.74) is 7.57. The fraction of sp³-hybridized carbons (Fsp3) is 0.263. The van der Waals surface area contributed by atoms with E-state index in [9.17, 15) is 4.79 Å². The summed E-state index contributed by atoms with van der Waals surface area (Å²) >= 11 is 0. The lowest BCUT2D eigenvalue weighted by molar-refractivity contribution is -0.121. The Kier molecular flexibility index (Phi) is 7.30. The van der Waals surface area contributed by atoms with Gasteiger partial charge >= 0.3 is 0 Å². The van der Waals surface area contributed by atoms with Crippen molar-refractivity contribution in [3.63, 3.8) is 0 Å². The van der Waals surface area contributed by atoms with E-state index in [0.29, 0.717) is 23.7 Å². The van der Waals surface area contributed by atoms with Crippen LogP contribution in [0.1, 0.15) is 12.0 Å². The number of methoxy groups -OCH3 is 2. The first kappa shape index (κ1) is 19.1. The predicted octanol–water partition coefficient (Wildman–Crippen LogP) is 2.14. The quantitative estimate of drug-likeness (QED) is 0.497. The van der Waals surface area contributed by atoms with Gasteiger partial charge in [-0.3, -0.25) is 9.79 Å². The van der Waals surface area contributed by atoms with Gasteiger partial charge in [-0.25, -0.2) is 0 Å². The average Bonchev–Trinajstić information content (AvgIpc) is 2.67. The molecule has 0 bridgehead atoms. The molecule has 138 valence electrons. The number of guanidine groups is 1. The van der Waals surface area contributed by atoms with Crippen LogP contribution in [0, 0.1) is 0 Å². The molecule has 2 rings (SSSR count). The topological polar surface area (TPSA) is 98.0 Å². The number of ether oxygens (including phenoxy) is 2. The molecule has 0 saturated carbocycles. The van der Waals surface area contributed by atoms with Crippen molar-refractivity contribution in [1.82, 2.24) is 5.32 Å². The minimum Gasteiger partial charge on any atom is -0.497 e. The van der Waals surface area contributed by atoms with Crippen LogP contribution in [0.2, 0.25) is 0 Å². The maximum atomic E-state index is 11.9. The molecule has 0 radical (unpaired) electrons. The highest BCUT2D eigenvalue weighted by Crippen LogP contribution is 2.28. The number of aliphatic imine (C=N–C) groups is 1. The number of hydrogen-bond donors (Lipinski definition) is 3. The van der Waals surface area contributed by atoms with Crippen LogP contribution >= 0.6 is 0 Å². The molecule has 2 aromatic carbocycles. The molecule has 7 heteroatoms. The minimum atomic E-state index is -0.0793. The third kappa shape index (κ3) is 6.01. The Hall–Kier alpha value is -3.22. The van der Waals surface area contributed by atoms with Crippen LogP contribution in [-0.4, -0.2) is 32.6 Å². The van der Waals surface area contributed by atoms with Crippen LogP contribution in [0.3, 0.4) is 0 Å². The van der Waals surface area contributed by atoms with Gasteiger partial charge < -0.3 is 25.8 Å². The number of anilines is 1. The number of rotatable bonds is 8. The standard InChI is InChI=1S/C19H24N4O3/c1-25-15-8-9-17(26-2)16(12-15)23-19(20)21-11-10-18(24)22-13-14-6-4-3-5-7-14/h3-9,12H,10-11,13H2,1-2H3,(H,22,24)(H3,20,21,23). The van der Waals surface area contributed by atoms with E-state index in [0.717, 1.165) is 5.56 Å². The lowest BCUT2D eigenvalue weighted by Crippen LogP contribution is -2.26. The van der Waals surface area contributed by atoms with Crippen LogP contribution in [0.5, 0.6) is 11.5 Å². The van der Waals surface area contributed by atoms with Crippen molar-refractivity contribution >= 4 is 17.6 Å². The lowest BCUT2D eigenvalue weighted by Gasteiger charge is -2.12. The van der Waals surface area contributed by atoms with E-state index >= 15 is 0 Å². The zero-order valence-corrected chi connectivity index (χ0v) is 15.0. The minimum absolute atomic E-state index is 0.0793. The molecule has 0 aliphatic heterocycles. The fourth-order valence-corrected chi connectivity index (χ4v) is 2.25. The van der Waals surface area contributed by atoms with Crippen molar-refractivity contribution in [2.75, 3.05) is 26.1 Å². The van der Waals surface area contributed by atoms with Gasteiger partial charge in [0.1, 0.15) is 11.5 Å². The zero-order valence-electron chi connectivity index (χ0n) is 15.0. The second kappa shape index (κ2) is 9.93. The Morgan fingerprint density at radius 3 is 2.58 bits per heavy atom. The van der Waals surface area contributed by atoms with E-state index < -0.39 is 0 Å². The predicted molar refractivity (Wildman–Crippen MR) is 103 cm³/mol. The summed E-state index contributed by atoms with van der Waals surface area (Å²) in [6, 6.07) is 15.0. The normalized spacial score (nSPS) is 10.9. The maximum absolute atomic E-state index is 11.9. The summed E-state index contributed by atoms with van der Waals surface area (Å²) in [4.78, 5) is 16.0. The molecular formula is C19H24N4O3. The van der Waals surface area contributed by atoms with Crippen molar-refractivity contribution in [1.29, 1.82) is 0 Å². The van der Waals surface area contributed by atoms with Crippen molar-refractivity contribution in [3.05, 3.63) is 54.1 Å². The van der Waals surface area contributed by atoms with Crippen LogP contribution < -0.4 is 25.8 Å². The average molecular weight is 356 g/mol. The monoisotopic (exact) mass is 356 g/mol. The maximum Gasteiger partial charge on any atom is 0.222 e. The number of hydrogen-bond acceptors (Lipinski definition) is 4. The number of carbonyl (C=O) groups is 1. The van der Waals surface area contributed by atoms with E-state index in [1.165, 1.54) is 0 Å². The zero-order chi connectivity index (χ0) is 18.8. The molecule has 0 atom stereocenters. The molecule has 0 aliphatic carbocycles. The molecular weight excluding hydrogens is 332 g/mol. The van der Waals surface area contributed by atoms with Crippen molar-refractivity contribution < 1.29 is 14.3 Å². The van der Waals surface area contributed by atoms with Gasteiger partial charge in [0.2, 0.25) is 5.91 Å². The Balaban J connectivity index is 1.82. The highest BCUT2D eigenvalue weighted by molar-refractivity contribution is 5.94. The summed E-state index contributed by atoms with van der Waals surface area (Å²) in [7, 11) is 3.15. The first-order valence-electron chi connectivity index (χ1n) is 8.22. The molecule has 1 amide bonds. The van der Waals surface area contributed by atoms with Crippen molar-refractivity contribution in [3.8, 4) is 11.5 Å². The number of nitrogens with one attached hydrogen (secondary N) is 2. The number of nitrogens with two attached hydrogens (primary N) is 1. The van der Waals surface area contributed by atoms with Crippen LogP contribution in [0.15, 0.2) is 53.5 Å². The number of nitrogens with zero attached hydrogens (tertiary/aromatic N) is 1. The smallest absolute Gasteiger partial charge is 0.222 e. The Morgan fingerprint density at radius 2 is 1.88 bits per heavy atom. The summed E-state index contributed by atoms with van der Waals surface area (Å²) in [5, 5.41) is 5.81. The summed E-state index contributed by atoms with van der Waals surface area (Å²) < 4.78 is 10.5. The molecule has 0 aromatic heterocycles. The van der Waals surface area contributed by atoms with Gasteiger partial charge in [0, 0.05) is 19.0 Å². The number of amides is 1. The first-order valence-corrected chi connectivity index (χ1v) is 8.22. The SMILES string of the molecule is COc1ccc(OC)c(NC(N)=NCCC(=O)NCc2ccccc2)c1. The van der Waals surface area contributed by atoms with Crippen molar-refractivity contribution in [2.24, 2.45) is 10.7 Å². The van der Waals surface area contributed by atoms with E-state index in [1.807, 2.05) is 30.3 Å². The van der Waals surface area contributed by atoms with Gasteiger partial charge in [0.15, 0.2) is 5.96 Å². The highest BCUT2D eigenvalue weighted by atomic mass is 16.5. The van der Waals surface area contributed by atoms with E-state index in [2.05, 4.69) is 15.6 Å². The summed E-state index contributed by atoms with van der Waals surface area (Å²) in [5.74, 6) is 1.41. The molecule has 0 aliphatic rings. The second-order valence-electron chi connectivity index (χ2n) is 5.47. The van der Waals surface area contributed by atoms with Gasteiger partial charge in [-0.1, -0.05) is 30.3 Å². The molecule has 7 nitrogen and oxygen atoms in total. The second-order valence-corrected chi connectivity index (χ2v) is 5.47. The largest absolute Gasteiger partial charge is 0.497 e. The number of benzene rings is 2. The fourth-order valence-electron chi connectivity index (χ4n) is 2.25. The van der Waals surface area contributed by atoms with Crippen LogP contribution in [-0.2, 0) is 11.3 Å². The van der Waals surface area contributed by atoms with Gasteiger partial charge in [-0.2, -0.15) is 0 Å². The van der Waals surface area contributed by atoms with Crippen molar-refractivity contribution in [2.45, 2.75) is 13.0 Å². The molecule has 0 fully saturated rings. The lowest BCUT2D eigenvalue weighted by atomic mass is 10.2. The Labute approximate surface area is 153 Å². The highest BCUT2D eigenvalue weighted by Gasteiger charge is 2.06. The van der Waals surface area contributed by atoms with E-state index in [-0.39, 0.29) is 24.8 Å². The van der Waals surface area contributed by atoms with Crippen LogP contribution in [0.4, 0.5) is 5.69 Å². The number of carbonyl (C=O) groups excluding carboxylic acids is 1. The third-order valence-electron chi connectivity index (χ3n) is 3.62. The van der Waals surface area contributed by atoms with Gasteiger partial charge in [0.05, 0.1) is 26.5 Å². The van der Waals surface area contributed by atoms with Gasteiger partial charge in [-0.05, 0) is 17.7 Å². The molecule has 0 heterocycles. The van der Waals surface area contributed by atoms with Gasteiger partial charge in [-0.15, -0.1) is 0 Å². The van der Waals surface area contributed by atoms with Gasteiger partial charge in [0.25, 0.3) is 0 Å². The molecule has 0 spiro atoms. The molecule has 0 unspecified atom stereocenters. The summed E-state index contributed by atoms with van der Waals surface area (Å²) in [6.07, 6.45) is 0.254. The molecule has 26 heavy (non-hydrogen) atoms. The molecule has 0 saturated heterocycles. The molecule has 2 aromatic rings. The third-order valence-corrected chi connectivity index (χ3v) is 3.62. The van der Waals surface area contributed by atoms with Crippen LogP contribution in [0.25, 0.3) is 0 Å². The van der Waals surface area contributed by atoms with E-state index in [4.69, 9.17) is 15.2 Å².